The van der Waals surface area contributed by atoms with Gasteiger partial charge in [-0.2, -0.15) is 0 Å². The highest BCUT2D eigenvalue weighted by atomic mass is 16.5. The first kappa shape index (κ1) is 18.2. The summed E-state index contributed by atoms with van der Waals surface area (Å²) in [4.78, 5) is 19.6. The molecule has 1 aromatic carbocycles. The molecule has 138 valence electrons. The van der Waals surface area contributed by atoms with Crippen molar-refractivity contribution < 1.29 is 9.32 Å². The molecule has 0 spiro atoms. The summed E-state index contributed by atoms with van der Waals surface area (Å²) in [7, 11) is 1.81. The normalized spacial score (nSPS) is 12.5. The van der Waals surface area contributed by atoms with Crippen molar-refractivity contribution in [1.29, 1.82) is 0 Å². The lowest BCUT2D eigenvalue weighted by Gasteiger charge is -2.25. The van der Waals surface area contributed by atoms with Gasteiger partial charge in [0.15, 0.2) is 5.76 Å². The van der Waals surface area contributed by atoms with Gasteiger partial charge in [-0.15, -0.1) is 0 Å². The predicted octanol–water partition coefficient (Wildman–Crippen LogP) is 3.76. The molecule has 3 aromatic rings. The van der Waals surface area contributed by atoms with Crippen molar-refractivity contribution in [2.24, 2.45) is 0 Å². The molecule has 0 aliphatic heterocycles. The molecule has 0 aliphatic rings. The third kappa shape index (κ3) is 3.36. The molecule has 2 aromatic heterocycles. The number of hydrogen-bond donors (Lipinski definition) is 0. The van der Waals surface area contributed by atoms with E-state index in [4.69, 9.17) is 9.51 Å². The number of likely N-dealkylation sites (N-methyl/N-ethyl adjacent to an activating group) is 1. The van der Waals surface area contributed by atoms with Crippen LogP contribution in [0.1, 0.15) is 50.5 Å². The number of amides is 1. The molecule has 6 nitrogen and oxygen atoms in total. The Kier molecular flexibility index (Phi) is 5.40. The first-order chi connectivity index (χ1) is 12.6. The van der Waals surface area contributed by atoms with Gasteiger partial charge in [0.1, 0.15) is 11.9 Å². The van der Waals surface area contributed by atoms with E-state index >= 15 is 0 Å². The minimum atomic E-state index is -0.282. The standard InChI is InChI=1S/C20H26N4O2/c1-5-14-12-15(26-22-14)13-23(4)20(25)17(6-2)24-18-11-9-8-10-16(18)21-19(24)7-3/h8-12,17H,5-7,13H2,1-4H3. The fraction of sp³-hybridized carbons (Fsp3) is 0.450. The molecule has 1 amide bonds. The van der Waals surface area contributed by atoms with Gasteiger partial charge >= 0.3 is 0 Å². The average Bonchev–Trinajstić information content (AvgIpc) is 3.26. The third-order valence-corrected chi connectivity index (χ3v) is 4.71. The fourth-order valence-electron chi connectivity index (χ4n) is 3.32. The Morgan fingerprint density at radius 1 is 1.23 bits per heavy atom. The summed E-state index contributed by atoms with van der Waals surface area (Å²) in [5.74, 6) is 1.70. The molecule has 1 unspecified atom stereocenters. The zero-order chi connectivity index (χ0) is 18.7. The van der Waals surface area contributed by atoms with Crippen molar-refractivity contribution in [2.45, 2.75) is 52.6 Å². The van der Waals surface area contributed by atoms with Crippen LogP contribution in [0, 0.1) is 0 Å². The highest BCUT2D eigenvalue weighted by molar-refractivity contribution is 5.84. The lowest BCUT2D eigenvalue weighted by molar-refractivity contribution is -0.134. The van der Waals surface area contributed by atoms with Gasteiger partial charge in [-0.25, -0.2) is 4.98 Å². The number of aryl methyl sites for hydroxylation is 2. The smallest absolute Gasteiger partial charge is 0.245 e. The Morgan fingerprint density at radius 3 is 2.65 bits per heavy atom. The van der Waals surface area contributed by atoms with Crippen LogP contribution in [0.25, 0.3) is 11.0 Å². The maximum atomic E-state index is 13.2. The van der Waals surface area contributed by atoms with Crippen molar-refractivity contribution in [3.8, 4) is 0 Å². The van der Waals surface area contributed by atoms with Gasteiger partial charge in [0, 0.05) is 19.5 Å². The van der Waals surface area contributed by atoms with Crippen LogP contribution in [0.2, 0.25) is 0 Å². The maximum absolute atomic E-state index is 13.2. The van der Waals surface area contributed by atoms with E-state index in [0.29, 0.717) is 18.7 Å². The van der Waals surface area contributed by atoms with Crippen molar-refractivity contribution >= 4 is 16.9 Å². The highest BCUT2D eigenvalue weighted by Crippen LogP contribution is 2.25. The second-order valence-corrected chi connectivity index (χ2v) is 6.50. The van der Waals surface area contributed by atoms with Crippen LogP contribution >= 0.6 is 0 Å². The highest BCUT2D eigenvalue weighted by Gasteiger charge is 2.26. The molecule has 26 heavy (non-hydrogen) atoms. The van der Waals surface area contributed by atoms with E-state index in [0.717, 1.165) is 35.4 Å². The number of imidazole rings is 1. The molecule has 0 aliphatic carbocycles. The monoisotopic (exact) mass is 354 g/mol. The van der Waals surface area contributed by atoms with Crippen molar-refractivity contribution in [2.75, 3.05) is 7.05 Å². The molecule has 0 bridgehead atoms. The van der Waals surface area contributed by atoms with Gasteiger partial charge in [0.25, 0.3) is 0 Å². The van der Waals surface area contributed by atoms with E-state index in [9.17, 15) is 4.79 Å². The Labute approximate surface area is 153 Å². The van der Waals surface area contributed by atoms with Gasteiger partial charge < -0.3 is 14.0 Å². The van der Waals surface area contributed by atoms with Crippen LogP contribution in [0.4, 0.5) is 0 Å². The van der Waals surface area contributed by atoms with Crippen LogP contribution in [0.5, 0.6) is 0 Å². The summed E-state index contributed by atoms with van der Waals surface area (Å²) in [6.45, 7) is 6.55. The number of para-hydroxylation sites is 2. The Morgan fingerprint density at radius 2 is 2.00 bits per heavy atom. The SMILES string of the molecule is CCc1cc(CN(C)C(=O)C(CC)n2c(CC)nc3ccccc32)on1. The van der Waals surface area contributed by atoms with Crippen LogP contribution in [0.15, 0.2) is 34.9 Å². The van der Waals surface area contributed by atoms with Crippen LogP contribution < -0.4 is 0 Å². The first-order valence-corrected chi connectivity index (χ1v) is 9.24. The number of nitrogens with zero attached hydrogens (tertiary/aromatic N) is 4. The molecule has 1 atom stereocenters. The molecule has 6 heteroatoms. The Hall–Kier alpha value is -2.63. The number of hydrogen-bond acceptors (Lipinski definition) is 4. The number of rotatable bonds is 7. The predicted molar refractivity (Wildman–Crippen MR) is 101 cm³/mol. The molecule has 0 radical (unpaired) electrons. The topological polar surface area (TPSA) is 64.2 Å². The quantitative estimate of drug-likeness (QED) is 0.648. The zero-order valence-electron chi connectivity index (χ0n) is 15.9. The van der Waals surface area contributed by atoms with Crippen LogP contribution in [-0.2, 0) is 24.2 Å². The van der Waals surface area contributed by atoms with E-state index in [1.165, 1.54) is 0 Å². The van der Waals surface area contributed by atoms with Crippen molar-refractivity contribution in [1.82, 2.24) is 19.6 Å². The fourth-order valence-corrected chi connectivity index (χ4v) is 3.32. The van der Waals surface area contributed by atoms with Gasteiger partial charge in [-0.3, -0.25) is 4.79 Å². The lowest BCUT2D eigenvalue weighted by atomic mass is 10.1. The largest absolute Gasteiger partial charge is 0.359 e. The summed E-state index contributed by atoms with van der Waals surface area (Å²) in [6, 6.07) is 9.62. The average molecular weight is 354 g/mol. The van der Waals surface area contributed by atoms with Crippen molar-refractivity contribution in [3.63, 3.8) is 0 Å². The molecular weight excluding hydrogens is 328 g/mol. The number of fused-ring (bicyclic) bond motifs is 1. The molecule has 0 N–H and O–H groups in total. The van der Waals surface area contributed by atoms with Crippen LogP contribution in [-0.4, -0.2) is 32.6 Å². The molecule has 0 fully saturated rings. The Balaban J connectivity index is 1.89. The second kappa shape index (κ2) is 7.72. The number of benzene rings is 1. The van der Waals surface area contributed by atoms with Gasteiger partial charge in [0.2, 0.25) is 5.91 Å². The summed E-state index contributed by atoms with van der Waals surface area (Å²) in [5, 5.41) is 4.00. The van der Waals surface area contributed by atoms with E-state index in [1.54, 1.807) is 4.90 Å². The second-order valence-electron chi connectivity index (χ2n) is 6.50. The lowest BCUT2D eigenvalue weighted by Crippen LogP contribution is -2.34. The number of carbonyl (C=O) groups excluding carboxylic acids is 1. The van der Waals surface area contributed by atoms with E-state index in [1.807, 2.05) is 51.2 Å². The van der Waals surface area contributed by atoms with Crippen molar-refractivity contribution in [3.05, 3.63) is 47.6 Å². The van der Waals surface area contributed by atoms with E-state index < -0.39 is 0 Å². The maximum Gasteiger partial charge on any atom is 0.245 e. The third-order valence-electron chi connectivity index (χ3n) is 4.71. The van der Waals surface area contributed by atoms with Gasteiger partial charge in [0.05, 0.1) is 23.3 Å². The zero-order valence-corrected chi connectivity index (χ0v) is 15.9. The molecule has 0 saturated heterocycles. The number of carbonyl (C=O) groups is 1. The molecule has 0 saturated carbocycles. The van der Waals surface area contributed by atoms with E-state index in [2.05, 4.69) is 16.6 Å². The summed E-state index contributed by atoms with van der Waals surface area (Å²) >= 11 is 0. The summed E-state index contributed by atoms with van der Waals surface area (Å²) in [6.07, 6.45) is 2.30. The molecule has 2 heterocycles. The van der Waals surface area contributed by atoms with Gasteiger partial charge in [-0.05, 0) is 25.0 Å². The minimum Gasteiger partial charge on any atom is -0.359 e. The molecule has 3 rings (SSSR count). The van der Waals surface area contributed by atoms with Crippen LogP contribution in [0.3, 0.4) is 0 Å². The van der Waals surface area contributed by atoms with Gasteiger partial charge in [-0.1, -0.05) is 38.1 Å². The first-order valence-electron chi connectivity index (χ1n) is 9.24. The minimum absolute atomic E-state index is 0.0554. The van der Waals surface area contributed by atoms with E-state index in [-0.39, 0.29) is 11.9 Å². The Bertz CT molecular complexity index is 896. The molecular formula is C20H26N4O2. The summed E-state index contributed by atoms with van der Waals surface area (Å²) < 4.78 is 7.42. The number of aromatic nitrogens is 3. The summed E-state index contributed by atoms with van der Waals surface area (Å²) in [5.41, 5.74) is 2.84.